The van der Waals surface area contributed by atoms with Crippen LogP contribution in [0, 0.1) is 0 Å². The second-order valence-electron chi connectivity index (χ2n) is 2.10. The molecule has 0 aromatic heterocycles. The van der Waals surface area contributed by atoms with E-state index in [1.54, 1.807) is 0 Å². The number of nitrogens with one attached hydrogen (secondary N) is 1. The van der Waals surface area contributed by atoms with Gasteiger partial charge in [-0.25, -0.2) is 5.43 Å². The van der Waals surface area contributed by atoms with E-state index < -0.39 is 0 Å². The number of allylic oxidation sites excluding steroid dienone is 1. The highest BCUT2D eigenvalue weighted by Crippen LogP contribution is 2.05. The first-order chi connectivity index (χ1) is 3.70. The van der Waals surface area contributed by atoms with Gasteiger partial charge in [-0.15, -0.1) is 0 Å². The standard InChI is InChI=1S/C5H9BN2/c1-4-3-5(2)8(6)7-4/h3-4,7H,1-2H3. The Morgan fingerprint density at radius 3 is 2.62 bits per heavy atom. The third-order valence-electron chi connectivity index (χ3n) is 1.21. The molecule has 0 saturated heterocycles. The lowest BCUT2D eigenvalue weighted by atomic mass is 10.3. The Morgan fingerprint density at radius 1 is 1.88 bits per heavy atom. The van der Waals surface area contributed by atoms with Gasteiger partial charge < -0.3 is 4.92 Å². The summed E-state index contributed by atoms with van der Waals surface area (Å²) < 4.78 is 0. The van der Waals surface area contributed by atoms with Crippen molar-refractivity contribution < 1.29 is 0 Å². The fraction of sp³-hybridized carbons (Fsp3) is 0.600. The van der Waals surface area contributed by atoms with Crippen LogP contribution in [0.1, 0.15) is 13.8 Å². The third-order valence-corrected chi connectivity index (χ3v) is 1.21. The molecule has 0 spiro atoms. The minimum absolute atomic E-state index is 0.389. The van der Waals surface area contributed by atoms with Gasteiger partial charge in [0.1, 0.15) is 0 Å². The Morgan fingerprint density at radius 2 is 2.50 bits per heavy atom. The van der Waals surface area contributed by atoms with Crippen LogP contribution in [0.4, 0.5) is 0 Å². The van der Waals surface area contributed by atoms with Crippen molar-refractivity contribution in [3.05, 3.63) is 11.8 Å². The van der Waals surface area contributed by atoms with Gasteiger partial charge in [0.05, 0.1) is 0 Å². The van der Waals surface area contributed by atoms with E-state index in [9.17, 15) is 0 Å². The Balaban J connectivity index is 2.59. The zero-order chi connectivity index (χ0) is 6.15. The molecular formula is C5H9BN2. The van der Waals surface area contributed by atoms with Crippen molar-refractivity contribution in [3.63, 3.8) is 0 Å². The van der Waals surface area contributed by atoms with Crippen LogP contribution in [0.15, 0.2) is 11.8 Å². The highest BCUT2D eigenvalue weighted by Gasteiger charge is 2.09. The van der Waals surface area contributed by atoms with Crippen molar-refractivity contribution in [1.82, 2.24) is 10.3 Å². The SMILES string of the molecule is [B]N1NC(C)C=C1C. The molecule has 0 aromatic rings. The number of hydrazine groups is 1. The molecular weight excluding hydrogens is 98.9 g/mol. The predicted octanol–water partition coefficient (Wildman–Crippen LogP) is 0.182. The second-order valence-corrected chi connectivity index (χ2v) is 2.10. The number of nitrogens with zero attached hydrogens (tertiary/aromatic N) is 1. The van der Waals surface area contributed by atoms with Gasteiger partial charge in [0, 0.05) is 11.7 Å². The molecule has 2 nitrogen and oxygen atoms in total. The first-order valence-electron chi connectivity index (χ1n) is 2.69. The van der Waals surface area contributed by atoms with Gasteiger partial charge in [-0.3, -0.25) is 0 Å². The summed E-state index contributed by atoms with van der Waals surface area (Å²) in [5.41, 5.74) is 4.07. The molecule has 2 radical (unpaired) electrons. The Labute approximate surface area is 51.0 Å². The van der Waals surface area contributed by atoms with Crippen molar-refractivity contribution in [3.8, 4) is 0 Å². The van der Waals surface area contributed by atoms with Crippen LogP contribution in [0.3, 0.4) is 0 Å². The van der Waals surface area contributed by atoms with Crippen molar-refractivity contribution in [1.29, 1.82) is 0 Å². The lowest BCUT2D eigenvalue weighted by Crippen LogP contribution is -2.32. The largest absolute Gasteiger partial charge is 0.369 e. The molecule has 8 heavy (non-hydrogen) atoms. The molecule has 1 unspecified atom stereocenters. The zero-order valence-corrected chi connectivity index (χ0v) is 5.18. The molecule has 0 fully saturated rings. The van der Waals surface area contributed by atoms with Gasteiger partial charge in [0.25, 0.3) is 7.98 Å². The first kappa shape index (κ1) is 5.70. The van der Waals surface area contributed by atoms with Crippen LogP contribution in [0.2, 0.25) is 0 Å². The normalized spacial score (nSPS) is 28.5. The predicted molar refractivity (Wildman–Crippen MR) is 33.9 cm³/mol. The molecule has 0 aliphatic carbocycles. The average Bonchev–Trinajstić information content (AvgIpc) is 1.85. The van der Waals surface area contributed by atoms with Crippen molar-refractivity contribution in [2.24, 2.45) is 0 Å². The van der Waals surface area contributed by atoms with Crippen LogP contribution in [-0.2, 0) is 0 Å². The third kappa shape index (κ3) is 0.867. The molecule has 1 aliphatic heterocycles. The van der Waals surface area contributed by atoms with Crippen LogP contribution < -0.4 is 5.43 Å². The Kier molecular flexibility index (Phi) is 1.30. The summed E-state index contributed by atoms with van der Waals surface area (Å²) in [5.74, 6) is 0. The number of rotatable bonds is 0. The summed E-state index contributed by atoms with van der Waals surface area (Å²) in [4.78, 5) is 1.53. The van der Waals surface area contributed by atoms with Gasteiger partial charge >= 0.3 is 0 Å². The molecule has 1 aliphatic rings. The summed E-state index contributed by atoms with van der Waals surface area (Å²) in [5, 5.41) is 0. The molecule has 0 saturated carbocycles. The summed E-state index contributed by atoms with van der Waals surface area (Å²) in [6.07, 6.45) is 2.07. The highest BCUT2D eigenvalue weighted by molar-refractivity contribution is 6.05. The van der Waals surface area contributed by atoms with Crippen LogP contribution in [-0.4, -0.2) is 18.9 Å². The molecule has 0 bridgehead atoms. The molecule has 42 valence electrons. The Hall–Kier alpha value is -0.435. The van der Waals surface area contributed by atoms with E-state index in [1.807, 2.05) is 6.92 Å². The Bertz CT molecular complexity index is 122. The van der Waals surface area contributed by atoms with Gasteiger partial charge in [-0.2, -0.15) is 0 Å². The molecule has 1 heterocycles. The fourth-order valence-electron chi connectivity index (χ4n) is 0.801. The monoisotopic (exact) mass is 108 g/mol. The maximum Gasteiger partial charge on any atom is 0.253 e. The molecule has 0 amide bonds. The molecule has 1 atom stereocenters. The quantitative estimate of drug-likeness (QED) is 0.445. The summed E-state index contributed by atoms with van der Waals surface area (Å²) in [6, 6.07) is 0.389. The smallest absolute Gasteiger partial charge is 0.253 e. The number of hydrogen-bond acceptors (Lipinski definition) is 2. The van der Waals surface area contributed by atoms with E-state index in [-0.39, 0.29) is 0 Å². The summed E-state index contributed by atoms with van der Waals surface area (Å²) in [7, 11) is 5.42. The molecule has 1 rings (SSSR count). The highest BCUT2D eigenvalue weighted by atomic mass is 15.5. The van der Waals surface area contributed by atoms with Gasteiger partial charge in [0.15, 0.2) is 0 Å². The van der Waals surface area contributed by atoms with Gasteiger partial charge in [0.2, 0.25) is 0 Å². The maximum absolute atomic E-state index is 5.42. The fourth-order valence-corrected chi connectivity index (χ4v) is 0.801. The lowest BCUT2D eigenvalue weighted by Gasteiger charge is -2.14. The van der Waals surface area contributed by atoms with Crippen molar-refractivity contribution in [2.45, 2.75) is 19.9 Å². The van der Waals surface area contributed by atoms with Gasteiger partial charge in [-0.05, 0) is 19.9 Å². The molecule has 1 N–H and O–H groups in total. The van der Waals surface area contributed by atoms with E-state index >= 15 is 0 Å². The van der Waals surface area contributed by atoms with Crippen LogP contribution >= 0.6 is 0 Å². The zero-order valence-electron chi connectivity index (χ0n) is 5.18. The first-order valence-corrected chi connectivity index (χ1v) is 2.69. The van der Waals surface area contributed by atoms with E-state index in [2.05, 4.69) is 18.4 Å². The average molecular weight is 108 g/mol. The van der Waals surface area contributed by atoms with E-state index in [4.69, 9.17) is 7.98 Å². The number of hydrogen-bond donors (Lipinski definition) is 1. The molecule has 3 heteroatoms. The van der Waals surface area contributed by atoms with Gasteiger partial charge in [-0.1, -0.05) is 0 Å². The second kappa shape index (κ2) is 1.82. The minimum Gasteiger partial charge on any atom is -0.369 e. The van der Waals surface area contributed by atoms with Crippen LogP contribution in [0.25, 0.3) is 0 Å². The van der Waals surface area contributed by atoms with Crippen LogP contribution in [0.5, 0.6) is 0 Å². The maximum atomic E-state index is 5.42. The summed E-state index contributed by atoms with van der Waals surface area (Å²) >= 11 is 0. The summed E-state index contributed by atoms with van der Waals surface area (Å²) in [6.45, 7) is 4.02. The van der Waals surface area contributed by atoms with E-state index in [1.165, 1.54) is 4.92 Å². The topological polar surface area (TPSA) is 15.3 Å². The van der Waals surface area contributed by atoms with Crippen molar-refractivity contribution in [2.75, 3.05) is 0 Å². The minimum atomic E-state index is 0.389. The lowest BCUT2D eigenvalue weighted by molar-refractivity contribution is 0.423. The van der Waals surface area contributed by atoms with E-state index in [0.717, 1.165) is 5.70 Å². The molecule has 0 aromatic carbocycles. The van der Waals surface area contributed by atoms with E-state index in [0.29, 0.717) is 6.04 Å². The van der Waals surface area contributed by atoms with Crippen molar-refractivity contribution >= 4 is 7.98 Å².